The van der Waals surface area contributed by atoms with Gasteiger partial charge < -0.3 is 0 Å². The zero-order valence-corrected chi connectivity index (χ0v) is 11.6. The molecule has 0 fully saturated rings. The second kappa shape index (κ2) is 6.23. The Hall–Kier alpha value is -0.780. The fourth-order valence-corrected chi connectivity index (χ4v) is 2.66. The average molecular weight is 277 g/mol. The molecule has 0 saturated heterocycles. The lowest BCUT2D eigenvalue weighted by atomic mass is 10.3. The zero-order chi connectivity index (χ0) is 12.9. The van der Waals surface area contributed by atoms with Gasteiger partial charge in [0.05, 0.1) is 5.69 Å². The lowest BCUT2D eigenvalue weighted by Gasteiger charge is -2.25. The molecule has 1 aromatic carbocycles. The standard InChI is InChI=1S/C11H17ClN2O2S/c1-13(10-6-9-12)17(15,16)14(2)11-7-4-3-5-8-11/h3-5,7-8H,6,9-10H2,1-2H3. The summed E-state index contributed by atoms with van der Waals surface area (Å²) in [6.07, 6.45) is 0.639. The summed E-state index contributed by atoms with van der Waals surface area (Å²) in [5.74, 6) is 0.453. The molecule has 0 saturated carbocycles. The van der Waals surface area contributed by atoms with Gasteiger partial charge in [-0.1, -0.05) is 18.2 Å². The highest BCUT2D eigenvalue weighted by Gasteiger charge is 2.23. The topological polar surface area (TPSA) is 40.6 Å². The Balaban J connectivity index is 2.84. The first kappa shape index (κ1) is 14.3. The molecule has 0 aliphatic carbocycles. The van der Waals surface area contributed by atoms with E-state index in [0.717, 1.165) is 0 Å². The van der Waals surface area contributed by atoms with Crippen molar-refractivity contribution >= 4 is 27.5 Å². The van der Waals surface area contributed by atoms with Crippen LogP contribution in [0.2, 0.25) is 0 Å². The van der Waals surface area contributed by atoms with Crippen molar-refractivity contribution in [1.29, 1.82) is 0 Å². The van der Waals surface area contributed by atoms with Crippen molar-refractivity contribution in [3.63, 3.8) is 0 Å². The van der Waals surface area contributed by atoms with Crippen LogP contribution in [0, 0.1) is 0 Å². The van der Waals surface area contributed by atoms with Crippen LogP contribution in [0.15, 0.2) is 30.3 Å². The summed E-state index contributed by atoms with van der Waals surface area (Å²) < 4.78 is 26.9. The Bertz CT molecular complexity index is 436. The highest BCUT2D eigenvalue weighted by atomic mass is 35.5. The van der Waals surface area contributed by atoms with E-state index >= 15 is 0 Å². The molecule has 0 N–H and O–H groups in total. The highest BCUT2D eigenvalue weighted by Crippen LogP contribution is 2.17. The highest BCUT2D eigenvalue weighted by molar-refractivity contribution is 7.90. The Morgan fingerprint density at radius 1 is 1.18 bits per heavy atom. The molecule has 0 amide bonds. The number of anilines is 1. The number of rotatable bonds is 6. The van der Waals surface area contributed by atoms with E-state index in [4.69, 9.17) is 11.6 Å². The van der Waals surface area contributed by atoms with Gasteiger partial charge in [0.15, 0.2) is 0 Å². The quantitative estimate of drug-likeness (QED) is 0.745. The fraction of sp³-hybridized carbons (Fsp3) is 0.455. The molecule has 0 aromatic heterocycles. The van der Waals surface area contributed by atoms with Crippen molar-refractivity contribution < 1.29 is 8.42 Å². The van der Waals surface area contributed by atoms with Crippen molar-refractivity contribution in [3.8, 4) is 0 Å². The largest absolute Gasteiger partial charge is 0.303 e. The lowest BCUT2D eigenvalue weighted by molar-refractivity contribution is 0.468. The Kier molecular flexibility index (Phi) is 5.24. The third kappa shape index (κ3) is 3.59. The van der Waals surface area contributed by atoms with Gasteiger partial charge in [0.25, 0.3) is 0 Å². The predicted molar refractivity (Wildman–Crippen MR) is 71.7 cm³/mol. The van der Waals surface area contributed by atoms with Gasteiger partial charge in [0, 0.05) is 26.5 Å². The van der Waals surface area contributed by atoms with E-state index in [0.29, 0.717) is 24.5 Å². The molecule has 4 nitrogen and oxygen atoms in total. The van der Waals surface area contributed by atoms with E-state index in [1.165, 1.54) is 8.61 Å². The number of hydrogen-bond donors (Lipinski definition) is 0. The number of hydrogen-bond acceptors (Lipinski definition) is 2. The summed E-state index contributed by atoms with van der Waals surface area (Å²) >= 11 is 5.56. The molecule has 0 unspecified atom stereocenters. The minimum Gasteiger partial charge on any atom is -0.261 e. The van der Waals surface area contributed by atoms with Gasteiger partial charge in [-0.05, 0) is 18.6 Å². The fourth-order valence-electron chi connectivity index (χ4n) is 1.38. The van der Waals surface area contributed by atoms with E-state index in [-0.39, 0.29) is 0 Å². The van der Waals surface area contributed by atoms with Crippen molar-refractivity contribution in [2.45, 2.75) is 6.42 Å². The van der Waals surface area contributed by atoms with Crippen LogP contribution in [-0.2, 0) is 10.2 Å². The summed E-state index contributed by atoms with van der Waals surface area (Å²) in [5.41, 5.74) is 0.644. The number of halogens is 1. The first-order chi connectivity index (χ1) is 8.00. The SMILES string of the molecule is CN(CCCCl)S(=O)(=O)N(C)c1ccccc1. The second-order valence-electron chi connectivity index (χ2n) is 3.67. The molecule has 0 heterocycles. The number of benzene rings is 1. The van der Waals surface area contributed by atoms with E-state index in [1.54, 1.807) is 38.4 Å². The third-order valence-corrected chi connectivity index (χ3v) is 4.61. The maximum absolute atomic E-state index is 12.1. The minimum atomic E-state index is -3.46. The summed E-state index contributed by atoms with van der Waals surface area (Å²) in [6.45, 7) is 0.420. The van der Waals surface area contributed by atoms with Gasteiger partial charge in [-0.15, -0.1) is 11.6 Å². The Morgan fingerprint density at radius 2 is 1.76 bits per heavy atom. The first-order valence-electron chi connectivity index (χ1n) is 5.31. The molecule has 0 aliphatic rings. The van der Waals surface area contributed by atoms with Crippen LogP contribution in [0.4, 0.5) is 5.69 Å². The van der Waals surface area contributed by atoms with Crippen LogP contribution >= 0.6 is 11.6 Å². The monoisotopic (exact) mass is 276 g/mol. The molecule has 0 bridgehead atoms. The number of para-hydroxylation sites is 1. The lowest BCUT2D eigenvalue weighted by Crippen LogP contribution is -2.40. The molecule has 0 spiro atoms. The molecular weight excluding hydrogens is 260 g/mol. The molecular formula is C11H17ClN2O2S. The van der Waals surface area contributed by atoms with Crippen LogP contribution in [0.5, 0.6) is 0 Å². The van der Waals surface area contributed by atoms with Crippen molar-refractivity contribution in [1.82, 2.24) is 4.31 Å². The third-order valence-electron chi connectivity index (χ3n) is 2.47. The average Bonchev–Trinajstić information content (AvgIpc) is 2.35. The Labute approximate surface area is 108 Å². The predicted octanol–water partition coefficient (Wildman–Crippen LogP) is 1.93. The van der Waals surface area contributed by atoms with Crippen molar-refractivity contribution in [2.24, 2.45) is 0 Å². The summed E-state index contributed by atoms with van der Waals surface area (Å²) in [7, 11) is -0.356. The summed E-state index contributed by atoms with van der Waals surface area (Å²) in [6, 6.07) is 8.97. The maximum Gasteiger partial charge on any atom is 0.303 e. The number of alkyl halides is 1. The van der Waals surface area contributed by atoms with E-state index < -0.39 is 10.2 Å². The Morgan fingerprint density at radius 3 is 2.29 bits per heavy atom. The van der Waals surface area contributed by atoms with Gasteiger partial charge in [-0.2, -0.15) is 12.7 Å². The number of nitrogens with zero attached hydrogens (tertiary/aromatic N) is 2. The normalized spacial score (nSPS) is 11.8. The molecule has 96 valence electrons. The summed E-state index contributed by atoms with van der Waals surface area (Å²) in [4.78, 5) is 0. The molecule has 0 radical (unpaired) electrons. The molecule has 0 atom stereocenters. The molecule has 1 aromatic rings. The van der Waals surface area contributed by atoms with E-state index in [2.05, 4.69) is 0 Å². The van der Waals surface area contributed by atoms with Gasteiger partial charge in [0.2, 0.25) is 0 Å². The van der Waals surface area contributed by atoms with Crippen LogP contribution in [-0.4, -0.2) is 39.2 Å². The second-order valence-corrected chi connectivity index (χ2v) is 6.12. The van der Waals surface area contributed by atoms with Gasteiger partial charge >= 0.3 is 10.2 Å². The van der Waals surface area contributed by atoms with Crippen LogP contribution < -0.4 is 4.31 Å². The first-order valence-corrected chi connectivity index (χ1v) is 7.24. The van der Waals surface area contributed by atoms with Gasteiger partial charge in [0.1, 0.15) is 0 Å². The van der Waals surface area contributed by atoms with Gasteiger partial charge in [-0.3, -0.25) is 4.31 Å². The maximum atomic E-state index is 12.1. The van der Waals surface area contributed by atoms with Crippen molar-refractivity contribution in [3.05, 3.63) is 30.3 Å². The van der Waals surface area contributed by atoms with E-state index in [1.807, 2.05) is 6.07 Å². The molecule has 0 aliphatic heterocycles. The summed E-state index contributed by atoms with van der Waals surface area (Å²) in [5, 5.41) is 0. The molecule has 6 heteroatoms. The van der Waals surface area contributed by atoms with Crippen molar-refractivity contribution in [2.75, 3.05) is 30.8 Å². The minimum absolute atomic E-state index is 0.420. The molecule has 17 heavy (non-hydrogen) atoms. The van der Waals surface area contributed by atoms with E-state index in [9.17, 15) is 8.42 Å². The molecule has 1 rings (SSSR count). The van der Waals surface area contributed by atoms with Crippen LogP contribution in [0.25, 0.3) is 0 Å². The van der Waals surface area contributed by atoms with Crippen LogP contribution in [0.1, 0.15) is 6.42 Å². The van der Waals surface area contributed by atoms with Gasteiger partial charge in [-0.25, -0.2) is 0 Å². The smallest absolute Gasteiger partial charge is 0.261 e. The van der Waals surface area contributed by atoms with Crippen LogP contribution in [0.3, 0.4) is 0 Å². The zero-order valence-electron chi connectivity index (χ0n) is 10.0.